The monoisotopic (exact) mass is 291 g/mol. The lowest BCUT2D eigenvalue weighted by Gasteiger charge is -2.12. The predicted octanol–water partition coefficient (Wildman–Crippen LogP) is 3.61. The Labute approximate surface area is 121 Å². The number of aliphatic carboxylic acids is 1. The summed E-state index contributed by atoms with van der Waals surface area (Å²) in [6.45, 7) is 0. The summed E-state index contributed by atoms with van der Waals surface area (Å²) in [5, 5.41) is 9.39. The molecule has 0 spiro atoms. The molecule has 0 heterocycles. The normalized spacial score (nSPS) is 11.9. The van der Waals surface area contributed by atoms with E-state index in [-0.39, 0.29) is 6.42 Å². The first kappa shape index (κ1) is 14.4. The van der Waals surface area contributed by atoms with Gasteiger partial charge in [-0.05, 0) is 42.0 Å². The minimum absolute atomic E-state index is 0.121. The summed E-state index contributed by atoms with van der Waals surface area (Å²) < 4.78 is 5.67. The Bertz CT molecular complexity index is 598. The summed E-state index contributed by atoms with van der Waals surface area (Å²) in [5.41, 5.74) is 6.55. The third kappa shape index (κ3) is 3.98. The number of benzene rings is 2. The van der Waals surface area contributed by atoms with Gasteiger partial charge in [0.05, 0.1) is 6.42 Å². The maximum atomic E-state index is 10.7. The maximum absolute atomic E-state index is 10.7. The number of halogens is 1. The van der Waals surface area contributed by atoms with Crippen molar-refractivity contribution in [2.75, 3.05) is 0 Å². The van der Waals surface area contributed by atoms with E-state index in [1.165, 1.54) is 0 Å². The molecule has 0 aromatic heterocycles. The van der Waals surface area contributed by atoms with Crippen LogP contribution in [0, 0.1) is 0 Å². The van der Waals surface area contributed by atoms with Crippen LogP contribution in [0.3, 0.4) is 0 Å². The van der Waals surface area contributed by atoms with Crippen molar-refractivity contribution >= 4 is 17.6 Å². The van der Waals surface area contributed by atoms with Gasteiger partial charge in [-0.1, -0.05) is 23.7 Å². The van der Waals surface area contributed by atoms with E-state index in [0.29, 0.717) is 16.5 Å². The summed E-state index contributed by atoms with van der Waals surface area (Å²) in [5.74, 6) is 0.325. The fourth-order valence-corrected chi connectivity index (χ4v) is 1.88. The number of carboxylic acids is 1. The molecule has 0 fully saturated rings. The van der Waals surface area contributed by atoms with Crippen molar-refractivity contribution in [3.05, 3.63) is 59.1 Å². The highest BCUT2D eigenvalue weighted by Crippen LogP contribution is 2.25. The minimum Gasteiger partial charge on any atom is -0.481 e. The van der Waals surface area contributed by atoms with Gasteiger partial charge in [-0.3, -0.25) is 4.79 Å². The lowest BCUT2D eigenvalue weighted by atomic mass is 10.0. The largest absolute Gasteiger partial charge is 0.481 e. The predicted molar refractivity (Wildman–Crippen MR) is 77.1 cm³/mol. The van der Waals surface area contributed by atoms with Gasteiger partial charge in [-0.25, -0.2) is 0 Å². The second-order valence-electron chi connectivity index (χ2n) is 4.33. The van der Waals surface area contributed by atoms with Crippen molar-refractivity contribution in [1.29, 1.82) is 0 Å². The first-order valence-electron chi connectivity index (χ1n) is 6.05. The van der Waals surface area contributed by atoms with Gasteiger partial charge in [0.15, 0.2) is 0 Å². The lowest BCUT2D eigenvalue weighted by Crippen LogP contribution is -2.14. The highest BCUT2D eigenvalue weighted by atomic mass is 35.5. The molecule has 0 saturated carbocycles. The molecule has 0 aliphatic heterocycles. The summed E-state index contributed by atoms with van der Waals surface area (Å²) in [6.07, 6.45) is -0.121. The third-order valence-corrected chi connectivity index (χ3v) is 2.98. The summed E-state index contributed by atoms with van der Waals surface area (Å²) in [6, 6.07) is 13.5. The summed E-state index contributed by atoms with van der Waals surface area (Å²) in [4.78, 5) is 10.7. The molecule has 0 bridgehead atoms. The number of rotatable bonds is 5. The van der Waals surface area contributed by atoms with Crippen molar-refractivity contribution in [2.24, 2.45) is 5.73 Å². The van der Waals surface area contributed by atoms with E-state index in [2.05, 4.69) is 0 Å². The SMILES string of the molecule is N[C@H](CC(=O)O)c1cccc(Oc2ccc(Cl)cc2)c1. The number of carboxylic acid groups (broad SMARTS) is 1. The van der Waals surface area contributed by atoms with E-state index in [1.807, 2.05) is 0 Å². The van der Waals surface area contributed by atoms with Crippen LogP contribution in [0.2, 0.25) is 5.02 Å². The molecule has 0 radical (unpaired) electrons. The molecular weight excluding hydrogens is 278 g/mol. The molecule has 104 valence electrons. The zero-order valence-corrected chi connectivity index (χ0v) is 11.4. The topological polar surface area (TPSA) is 72.6 Å². The van der Waals surface area contributed by atoms with Crippen LogP contribution in [0.1, 0.15) is 18.0 Å². The van der Waals surface area contributed by atoms with Crippen molar-refractivity contribution < 1.29 is 14.6 Å². The average Bonchev–Trinajstić information content (AvgIpc) is 2.41. The van der Waals surface area contributed by atoms with Crippen LogP contribution in [0.5, 0.6) is 11.5 Å². The summed E-state index contributed by atoms with van der Waals surface area (Å²) in [7, 11) is 0. The second-order valence-corrected chi connectivity index (χ2v) is 4.77. The standard InChI is InChI=1S/C15H14ClNO3/c16-11-4-6-12(7-5-11)20-13-3-1-2-10(8-13)14(17)9-15(18)19/h1-8,14H,9,17H2,(H,18,19)/t14-/m1/s1. The molecule has 20 heavy (non-hydrogen) atoms. The van der Waals surface area contributed by atoms with Crippen molar-refractivity contribution in [3.8, 4) is 11.5 Å². The van der Waals surface area contributed by atoms with Crippen LogP contribution in [-0.2, 0) is 4.79 Å². The summed E-state index contributed by atoms with van der Waals surface area (Å²) >= 11 is 5.80. The Kier molecular flexibility index (Phi) is 4.61. The zero-order valence-electron chi connectivity index (χ0n) is 10.6. The maximum Gasteiger partial charge on any atom is 0.305 e. The molecule has 2 aromatic rings. The quantitative estimate of drug-likeness (QED) is 0.882. The highest BCUT2D eigenvalue weighted by molar-refractivity contribution is 6.30. The molecule has 2 rings (SSSR count). The molecule has 0 amide bonds. The van der Waals surface area contributed by atoms with E-state index in [4.69, 9.17) is 27.2 Å². The van der Waals surface area contributed by atoms with Gasteiger partial charge in [0, 0.05) is 11.1 Å². The van der Waals surface area contributed by atoms with Crippen molar-refractivity contribution in [1.82, 2.24) is 0 Å². The van der Waals surface area contributed by atoms with Gasteiger partial charge >= 0.3 is 5.97 Å². The second kappa shape index (κ2) is 6.41. The van der Waals surface area contributed by atoms with Gasteiger partial charge in [-0.2, -0.15) is 0 Å². The van der Waals surface area contributed by atoms with Crippen molar-refractivity contribution in [3.63, 3.8) is 0 Å². The molecule has 0 saturated heterocycles. The molecular formula is C15H14ClNO3. The zero-order chi connectivity index (χ0) is 14.5. The van der Waals surface area contributed by atoms with E-state index >= 15 is 0 Å². The molecule has 2 aromatic carbocycles. The lowest BCUT2D eigenvalue weighted by molar-refractivity contribution is -0.137. The Morgan fingerprint density at radius 1 is 1.20 bits per heavy atom. The van der Waals surface area contributed by atoms with Crippen LogP contribution >= 0.6 is 11.6 Å². The Morgan fingerprint density at radius 3 is 2.55 bits per heavy atom. The minimum atomic E-state index is -0.929. The van der Waals surface area contributed by atoms with Crippen molar-refractivity contribution in [2.45, 2.75) is 12.5 Å². The van der Waals surface area contributed by atoms with Crippen LogP contribution < -0.4 is 10.5 Å². The van der Waals surface area contributed by atoms with E-state index in [1.54, 1.807) is 48.5 Å². The molecule has 1 atom stereocenters. The molecule has 3 N–H and O–H groups in total. The third-order valence-electron chi connectivity index (χ3n) is 2.73. The highest BCUT2D eigenvalue weighted by Gasteiger charge is 2.11. The number of hydrogen-bond donors (Lipinski definition) is 2. The number of nitrogens with two attached hydrogens (primary N) is 1. The molecule has 0 aliphatic carbocycles. The van der Waals surface area contributed by atoms with Crippen LogP contribution in [0.25, 0.3) is 0 Å². The molecule has 0 unspecified atom stereocenters. The average molecular weight is 292 g/mol. The van der Waals surface area contributed by atoms with E-state index < -0.39 is 12.0 Å². The molecule has 0 aliphatic rings. The fraction of sp³-hybridized carbons (Fsp3) is 0.133. The number of hydrogen-bond acceptors (Lipinski definition) is 3. The first-order chi connectivity index (χ1) is 9.54. The smallest absolute Gasteiger partial charge is 0.305 e. The van der Waals surface area contributed by atoms with Gasteiger partial charge in [0.1, 0.15) is 11.5 Å². The Morgan fingerprint density at radius 2 is 1.90 bits per heavy atom. The number of carbonyl (C=O) groups is 1. The fourth-order valence-electron chi connectivity index (χ4n) is 1.75. The van der Waals surface area contributed by atoms with Gasteiger partial charge in [0.2, 0.25) is 0 Å². The Balaban J connectivity index is 2.13. The van der Waals surface area contributed by atoms with Crippen LogP contribution in [0.15, 0.2) is 48.5 Å². The van der Waals surface area contributed by atoms with Crippen LogP contribution in [0.4, 0.5) is 0 Å². The van der Waals surface area contributed by atoms with E-state index in [9.17, 15) is 4.79 Å². The van der Waals surface area contributed by atoms with Crippen LogP contribution in [-0.4, -0.2) is 11.1 Å². The Hall–Kier alpha value is -2.04. The van der Waals surface area contributed by atoms with E-state index in [0.717, 1.165) is 5.56 Å². The number of ether oxygens (including phenoxy) is 1. The van der Waals surface area contributed by atoms with Gasteiger partial charge in [-0.15, -0.1) is 0 Å². The molecule has 4 nitrogen and oxygen atoms in total. The van der Waals surface area contributed by atoms with Gasteiger partial charge in [0.25, 0.3) is 0 Å². The van der Waals surface area contributed by atoms with Gasteiger partial charge < -0.3 is 15.6 Å². The molecule has 5 heteroatoms. The first-order valence-corrected chi connectivity index (χ1v) is 6.43.